The van der Waals surface area contributed by atoms with Crippen LogP contribution in [0.3, 0.4) is 0 Å². The highest BCUT2D eigenvalue weighted by molar-refractivity contribution is 5.38. The standard InChI is InChI=1S/C15H23NO2/c1-11(17-4)10-16-13-9-15(2,3)18-14-8-6-5-7-12(13)14/h5-8,11,13,16H,9-10H2,1-4H3. The lowest BCUT2D eigenvalue weighted by atomic mass is 9.89. The van der Waals surface area contributed by atoms with E-state index in [0.717, 1.165) is 18.7 Å². The Morgan fingerprint density at radius 1 is 1.44 bits per heavy atom. The number of ether oxygens (including phenoxy) is 2. The Balaban J connectivity index is 2.14. The Morgan fingerprint density at radius 3 is 2.89 bits per heavy atom. The summed E-state index contributed by atoms with van der Waals surface area (Å²) >= 11 is 0. The number of hydrogen-bond acceptors (Lipinski definition) is 3. The molecule has 0 radical (unpaired) electrons. The Hall–Kier alpha value is -1.06. The van der Waals surface area contributed by atoms with E-state index in [1.165, 1.54) is 5.56 Å². The molecule has 1 aliphatic heterocycles. The minimum atomic E-state index is -0.123. The summed E-state index contributed by atoms with van der Waals surface area (Å²) in [6.07, 6.45) is 1.20. The number of fused-ring (bicyclic) bond motifs is 1. The minimum absolute atomic E-state index is 0.123. The maximum Gasteiger partial charge on any atom is 0.124 e. The topological polar surface area (TPSA) is 30.5 Å². The van der Waals surface area contributed by atoms with Gasteiger partial charge in [-0.1, -0.05) is 18.2 Å². The third-order valence-electron chi connectivity index (χ3n) is 3.43. The summed E-state index contributed by atoms with van der Waals surface area (Å²) in [5, 5.41) is 3.58. The minimum Gasteiger partial charge on any atom is -0.487 e. The lowest BCUT2D eigenvalue weighted by Gasteiger charge is -2.38. The lowest BCUT2D eigenvalue weighted by Crippen LogP contribution is -2.41. The summed E-state index contributed by atoms with van der Waals surface area (Å²) in [6.45, 7) is 7.20. The fourth-order valence-electron chi connectivity index (χ4n) is 2.38. The van der Waals surface area contributed by atoms with Crippen molar-refractivity contribution in [3.8, 4) is 5.75 Å². The van der Waals surface area contributed by atoms with Crippen LogP contribution in [0.1, 0.15) is 38.8 Å². The molecule has 1 heterocycles. The number of benzene rings is 1. The normalized spacial score (nSPS) is 23.0. The number of hydrogen-bond donors (Lipinski definition) is 1. The monoisotopic (exact) mass is 249 g/mol. The van der Waals surface area contributed by atoms with Gasteiger partial charge in [0.2, 0.25) is 0 Å². The molecule has 0 fully saturated rings. The molecule has 0 aromatic heterocycles. The maximum absolute atomic E-state index is 6.01. The molecule has 18 heavy (non-hydrogen) atoms. The van der Waals surface area contributed by atoms with Gasteiger partial charge in [0.15, 0.2) is 0 Å². The highest BCUT2D eigenvalue weighted by Crippen LogP contribution is 2.39. The Kier molecular flexibility index (Phi) is 3.93. The van der Waals surface area contributed by atoms with Crippen LogP contribution in [0.2, 0.25) is 0 Å². The second kappa shape index (κ2) is 5.29. The first-order valence-corrected chi connectivity index (χ1v) is 6.56. The van der Waals surface area contributed by atoms with Crippen LogP contribution >= 0.6 is 0 Å². The quantitative estimate of drug-likeness (QED) is 0.890. The molecule has 100 valence electrons. The van der Waals surface area contributed by atoms with E-state index in [0.29, 0.717) is 6.04 Å². The van der Waals surface area contributed by atoms with Gasteiger partial charge in [0, 0.05) is 31.7 Å². The summed E-state index contributed by atoms with van der Waals surface area (Å²) in [5.74, 6) is 0.997. The van der Waals surface area contributed by atoms with E-state index in [-0.39, 0.29) is 11.7 Å². The van der Waals surface area contributed by atoms with E-state index >= 15 is 0 Å². The van der Waals surface area contributed by atoms with Gasteiger partial charge in [0.1, 0.15) is 11.4 Å². The molecule has 2 unspecified atom stereocenters. The van der Waals surface area contributed by atoms with Gasteiger partial charge in [-0.15, -0.1) is 0 Å². The summed E-state index contributed by atoms with van der Waals surface area (Å²) in [4.78, 5) is 0. The molecule has 1 N–H and O–H groups in total. The number of nitrogens with one attached hydrogen (secondary N) is 1. The molecule has 1 aromatic rings. The van der Waals surface area contributed by atoms with E-state index in [1.54, 1.807) is 7.11 Å². The SMILES string of the molecule is COC(C)CNC1CC(C)(C)Oc2ccccc21. The molecule has 0 saturated heterocycles. The third-order valence-corrected chi connectivity index (χ3v) is 3.43. The summed E-state index contributed by atoms with van der Waals surface area (Å²) in [6, 6.07) is 8.61. The molecular weight excluding hydrogens is 226 g/mol. The van der Waals surface area contributed by atoms with E-state index < -0.39 is 0 Å². The van der Waals surface area contributed by atoms with Crippen molar-refractivity contribution in [3.63, 3.8) is 0 Å². The van der Waals surface area contributed by atoms with Crippen LogP contribution in [-0.4, -0.2) is 25.4 Å². The molecule has 1 aliphatic rings. The van der Waals surface area contributed by atoms with Gasteiger partial charge in [0.05, 0.1) is 6.10 Å². The summed E-state index contributed by atoms with van der Waals surface area (Å²) < 4.78 is 11.3. The Morgan fingerprint density at radius 2 is 2.17 bits per heavy atom. The van der Waals surface area contributed by atoms with Gasteiger partial charge in [-0.3, -0.25) is 0 Å². The van der Waals surface area contributed by atoms with Gasteiger partial charge < -0.3 is 14.8 Å². The number of para-hydroxylation sites is 1. The molecule has 1 aromatic carbocycles. The van der Waals surface area contributed by atoms with Crippen LogP contribution < -0.4 is 10.1 Å². The average Bonchev–Trinajstić information content (AvgIpc) is 2.34. The number of methoxy groups -OCH3 is 1. The predicted molar refractivity (Wildman–Crippen MR) is 73.0 cm³/mol. The van der Waals surface area contributed by atoms with Crippen LogP contribution in [0.15, 0.2) is 24.3 Å². The van der Waals surface area contributed by atoms with E-state index in [9.17, 15) is 0 Å². The lowest BCUT2D eigenvalue weighted by molar-refractivity contribution is 0.0591. The van der Waals surface area contributed by atoms with Crippen LogP contribution in [0.25, 0.3) is 0 Å². The second-order valence-electron chi connectivity index (χ2n) is 5.61. The fourth-order valence-corrected chi connectivity index (χ4v) is 2.38. The fraction of sp³-hybridized carbons (Fsp3) is 0.600. The highest BCUT2D eigenvalue weighted by Gasteiger charge is 2.33. The first kappa shape index (κ1) is 13.4. The zero-order chi connectivity index (χ0) is 13.2. The van der Waals surface area contributed by atoms with Crippen molar-refractivity contribution in [2.45, 2.75) is 44.9 Å². The molecule has 3 nitrogen and oxygen atoms in total. The Bertz CT molecular complexity index is 403. The van der Waals surface area contributed by atoms with Gasteiger partial charge in [-0.2, -0.15) is 0 Å². The second-order valence-corrected chi connectivity index (χ2v) is 5.61. The molecule has 0 aliphatic carbocycles. The molecule has 2 rings (SSSR count). The van der Waals surface area contributed by atoms with Gasteiger partial charge in [0.25, 0.3) is 0 Å². The number of rotatable bonds is 4. The van der Waals surface area contributed by atoms with Crippen molar-refractivity contribution < 1.29 is 9.47 Å². The summed E-state index contributed by atoms with van der Waals surface area (Å²) in [7, 11) is 1.74. The average molecular weight is 249 g/mol. The zero-order valence-electron chi connectivity index (χ0n) is 11.7. The molecule has 0 amide bonds. The molecule has 3 heteroatoms. The van der Waals surface area contributed by atoms with Crippen LogP contribution in [0, 0.1) is 0 Å². The highest BCUT2D eigenvalue weighted by atomic mass is 16.5. The van der Waals surface area contributed by atoms with Crippen molar-refractivity contribution in [2.24, 2.45) is 0 Å². The van der Waals surface area contributed by atoms with Crippen molar-refractivity contribution in [3.05, 3.63) is 29.8 Å². The first-order chi connectivity index (χ1) is 8.52. The molecule has 2 atom stereocenters. The summed E-state index contributed by atoms with van der Waals surface area (Å²) in [5.41, 5.74) is 1.13. The Labute approximate surface area is 109 Å². The predicted octanol–water partition coefficient (Wildman–Crippen LogP) is 2.91. The van der Waals surface area contributed by atoms with E-state index in [4.69, 9.17) is 9.47 Å². The van der Waals surface area contributed by atoms with Gasteiger partial charge >= 0.3 is 0 Å². The maximum atomic E-state index is 6.01. The molecule has 0 bridgehead atoms. The van der Waals surface area contributed by atoms with Crippen LogP contribution in [0.4, 0.5) is 0 Å². The van der Waals surface area contributed by atoms with Crippen molar-refractivity contribution >= 4 is 0 Å². The smallest absolute Gasteiger partial charge is 0.124 e. The molecule has 0 saturated carbocycles. The molecular formula is C15H23NO2. The van der Waals surface area contributed by atoms with Crippen molar-refractivity contribution in [1.29, 1.82) is 0 Å². The molecule has 0 spiro atoms. The van der Waals surface area contributed by atoms with E-state index in [1.807, 2.05) is 12.1 Å². The third kappa shape index (κ3) is 3.03. The largest absolute Gasteiger partial charge is 0.487 e. The first-order valence-electron chi connectivity index (χ1n) is 6.56. The van der Waals surface area contributed by atoms with E-state index in [2.05, 4.69) is 38.2 Å². The van der Waals surface area contributed by atoms with Crippen molar-refractivity contribution in [1.82, 2.24) is 5.32 Å². The van der Waals surface area contributed by atoms with Crippen molar-refractivity contribution in [2.75, 3.05) is 13.7 Å². The zero-order valence-corrected chi connectivity index (χ0v) is 11.7. The van der Waals surface area contributed by atoms with Gasteiger partial charge in [-0.25, -0.2) is 0 Å². The van der Waals surface area contributed by atoms with Crippen LogP contribution in [0.5, 0.6) is 5.75 Å². The van der Waals surface area contributed by atoms with Crippen LogP contribution in [-0.2, 0) is 4.74 Å². The van der Waals surface area contributed by atoms with Gasteiger partial charge in [-0.05, 0) is 26.8 Å².